The van der Waals surface area contributed by atoms with Gasteiger partial charge in [0.1, 0.15) is 5.75 Å². The zero-order valence-electron chi connectivity index (χ0n) is 12.2. The van der Waals surface area contributed by atoms with Crippen LogP contribution >= 0.6 is 0 Å². The van der Waals surface area contributed by atoms with Crippen LogP contribution in [0.4, 0.5) is 10.5 Å². The highest BCUT2D eigenvalue weighted by atomic mass is 16.4. The van der Waals surface area contributed by atoms with E-state index < -0.39 is 5.97 Å². The molecule has 1 fully saturated rings. The molecule has 6 heteroatoms. The lowest BCUT2D eigenvalue weighted by Crippen LogP contribution is -2.46. The van der Waals surface area contributed by atoms with Crippen LogP contribution in [0.1, 0.15) is 37.0 Å². The molecule has 0 saturated carbocycles. The van der Waals surface area contributed by atoms with Gasteiger partial charge in [0.2, 0.25) is 0 Å². The molecular weight excluding hydrogens is 272 g/mol. The first kappa shape index (κ1) is 15.2. The number of urea groups is 1. The SMILES string of the molecule is CC1CCN(C(=O)Nc2ccc(C(=O)O)cc2O)C(C)C1. The third kappa shape index (κ3) is 3.45. The molecule has 1 aromatic carbocycles. The Labute approximate surface area is 123 Å². The first-order valence-corrected chi connectivity index (χ1v) is 7.02. The Hall–Kier alpha value is -2.24. The zero-order chi connectivity index (χ0) is 15.6. The van der Waals surface area contributed by atoms with Crippen molar-refractivity contribution in [2.75, 3.05) is 11.9 Å². The molecule has 3 N–H and O–H groups in total. The minimum absolute atomic E-state index is 0.0225. The molecule has 1 aromatic rings. The maximum absolute atomic E-state index is 12.2. The average Bonchev–Trinajstić information content (AvgIpc) is 2.40. The number of carbonyl (C=O) groups excluding carboxylic acids is 1. The summed E-state index contributed by atoms with van der Waals surface area (Å²) < 4.78 is 0. The van der Waals surface area contributed by atoms with E-state index in [1.807, 2.05) is 6.92 Å². The van der Waals surface area contributed by atoms with Crippen LogP contribution in [0.25, 0.3) is 0 Å². The highest BCUT2D eigenvalue weighted by Crippen LogP contribution is 2.27. The van der Waals surface area contributed by atoms with Gasteiger partial charge in [-0.1, -0.05) is 6.92 Å². The van der Waals surface area contributed by atoms with Crippen LogP contribution in [0.3, 0.4) is 0 Å². The predicted octanol–water partition coefficient (Wildman–Crippen LogP) is 2.74. The summed E-state index contributed by atoms with van der Waals surface area (Å²) in [6.45, 7) is 4.85. The summed E-state index contributed by atoms with van der Waals surface area (Å²) in [6, 6.07) is 3.74. The largest absolute Gasteiger partial charge is 0.506 e. The van der Waals surface area contributed by atoms with Gasteiger partial charge in [0.05, 0.1) is 11.3 Å². The van der Waals surface area contributed by atoms with Crippen LogP contribution in [-0.2, 0) is 0 Å². The third-order valence-electron chi connectivity index (χ3n) is 3.89. The molecule has 2 amide bonds. The lowest BCUT2D eigenvalue weighted by atomic mass is 9.94. The van der Waals surface area contributed by atoms with E-state index in [0.29, 0.717) is 12.5 Å². The summed E-state index contributed by atoms with van der Waals surface area (Å²) in [5, 5.41) is 21.3. The van der Waals surface area contributed by atoms with Crippen molar-refractivity contribution >= 4 is 17.7 Å². The van der Waals surface area contributed by atoms with Gasteiger partial charge in [-0.3, -0.25) is 0 Å². The summed E-state index contributed by atoms with van der Waals surface area (Å²) >= 11 is 0. The van der Waals surface area contributed by atoms with Gasteiger partial charge in [-0.25, -0.2) is 9.59 Å². The number of phenols is 1. The molecule has 2 atom stereocenters. The molecule has 0 aliphatic carbocycles. The van der Waals surface area contributed by atoms with Crippen LogP contribution in [0.2, 0.25) is 0 Å². The molecule has 6 nitrogen and oxygen atoms in total. The molecule has 1 heterocycles. The van der Waals surface area contributed by atoms with Gasteiger partial charge in [-0.15, -0.1) is 0 Å². The van der Waals surface area contributed by atoms with Crippen molar-refractivity contribution in [3.05, 3.63) is 23.8 Å². The number of hydrogen-bond donors (Lipinski definition) is 3. The second-order valence-corrected chi connectivity index (χ2v) is 5.64. The number of nitrogens with zero attached hydrogens (tertiary/aromatic N) is 1. The van der Waals surface area contributed by atoms with Crippen LogP contribution in [0.15, 0.2) is 18.2 Å². The number of anilines is 1. The first-order chi connectivity index (χ1) is 9.88. The van der Waals surface area contributed by atoms with Gasteiger partial charge in [-0.05, 0) is 43.9 Å². The van der Waals surface area contributed by atoms with Gasteiger partial charge in [0.15, 0.2) is 0 Å². The highest BCUT2D eigenvalue weighted by molar-refractivity contribution is 5.93. The lowest BCUT2D eigenvalue weighted by molar-refractivity contribution is 0.0696. The summed E-state index contributed by atoms with van der Waals surface area (Å²) in [7, 11) is 0. The number of likely N-dealkylation sites (tertiary alicyclic amines) is 1. The van der Waals surface area contributed by atoms with Gasteiger partial charge in [-0.2, -0.15) is 0 Å². The van der Waals surface area contributed by atoms with Crippen molar-refractivity contribution in [3.63, 3.8) is 0 Å². The number of aromatic hydroxyl groups is 1. The zero-order valence-corrected chi connectivity index (χ0v) is 12.2. The number of benzene rings is 1. The molecule has 2 rings (SSSR count). The van der Waals surface area contributed by atoms with E-state index in [2.05, 4.69) is 12.2 Å². The minimum atomic E-state index is -1.12. The van der Waals surface area contributed by atoms with Crippen molar-refractivity contribution in [1.82, 2.24) is 4.90 Å². The molecule has 0 bridgehead atoms. The van der Waals surface area contributed by atoms with E-state index in [1.165, 1.54) is 12.1 Å². The van der Waals surface area contributed by atoms with E-state index in [1.54, 1.807) is 4.90 Å². The first-order valence-electron chi connectivity index (χ1n) is 7.02. The standard InChI is InChI=1S/C15H20N2O4/c1-9-5-6-17(10(2)7-9)15(21)16-12-4-3-11(14(19)20)8-13(12)18/h3-4,8-10,18H,5-7H2,1-2H3,(H,16,21)(H,19,20). The lowest BCUT2D eigenvalue weighted by Gasteiger charge is -2.36. The molecule has 0 aromatic heterocycles. The maximum atomic E-state index is 12.2. The fourth-order valence-electron chi connectivity index (χ4n) is 2.67. The normalized spacial score (nSPS) is 21.9. The molecule has 21 heavy (non-hydrogen) atoms. The fraction of sp³-hybridized carbons (Fsp3) is 0.467. The second kappa shape index (κ2) is 6.03. The number of carboxylic acid groups (broad SMARTS) is 1. The smallest absolute Gasteiger partial charge is 0.335 e. The van der Waals surface area contributed by atoms with Crippen LogP contribution < -0.4 is 5.32 Å². The van der Waals surface area contributed by atoms with Gasteiger partial charge in [0.25, 0.3) is 0 Å². The number of rotatable bonds is 2. The van der Waals surface area contributed by atoms with Crippen LogP contribution in [0, 0.1) is 5.92 Å². The summed E-state index contributed by atoms with van der Waals surface area (Å²) in [5.74, 6) is -0.768. The van der Waals surface area contributed by atoms with Crippen LogP contribution in [-0.4, -0.2) is 39.7 Å². The summed E-state index contributed by atoms with van der Waals surface area (Å²) in [5.41, 5.74) is 0.196. The number of carbonyl (C=O) groups is 2. The molecule has 114 valence electrons. The van der Waals surface area contributed by atoms with E-state index in [0.717, 1.165) is 18.9 Å². The molecule has 1 aliphatic rings. The average molecular weight is 292 g/mol. The summed E-state index contributed by atoms with van der Waals surface area (Å²) in [6.07, 6.45) is 1.92. The predicted molar refractivity (Wildman–Crippen MR) is 78.7 cm³/mol. The molecule has 2 unspecified atom stereocenters. The Morgan fingerprint density at radius 3 is 2.62 bits per heavy atom. The number of hydrogen-bond acceptors (Lipinski definition) is 3. The number of nitrogens with one attached hydrogen (secondary N) is 1. The van der Waals surface area contributed by atoms with Gasteiger partial charge >= 0.3 is 12.0 Å². The number of phenolic OH excluding ortho intramolecular Hbond substituents is 1. The number of piperidine rings is 1. The van der Waals surface area contributed by atoms with Crippen molar-refractivity contribution < 1.29 is 19.8 Å². The topological polar surface area (TPSA) is 89.9 Å². The number of amides is 2. The number of aromatic carboxylic acids is 1. The Bertz CT molecular complexity index is 559. The molecule has 0 radical (unpaired) electrons. The summed E-state index contributed by atoms with van der Waals surface area (Å²) in [4.78, 5) is 24.8. The van der Waals surface area contributed by atoms with Gasteiger partial charge in [0, 0.05) is 12.6 Å². The number of carboxylic acids is 1. The molecule has 1 saturated heterocycles. The van der Waals surface area contributed by atoms with Crippen molar-refractivity contribution in [2.24, 2.45) is 5.92 Å². The molecule has 0 spiro atoms. The quantitative estimate of drug-likeness (QED) is 0.731. The van der Waals surface area contributed by atoms with Crippen LogP contribution in [0.5, 0.6) is 5.75 Å². The van der Waals surface area contributed by atoms with Crippen molar-refractivity contribution in [3.8, 4) is 5.75 Å². The van der Waals surface area contributed by atoms with Crippen molar-refractivity contribution in [2.45, 2.75) is 32.7 Å². The van der Waals surface area contributed by atoms with E-state index in [9.17, 15) is 14.7 Å². The Kier molecular flexibility index (Phi) is 4.35. The maximum Gasteiger partial charge on any atom is 0.335 e. The third-order valence-corrected chi connectivity index (χ3v) is 3.89. The Morgan fingerprint density at radius 1 is 1.33 bits per heavy atom. The highest BCUT2D eigenvalue weighted by Gasteiger charge is 2.27. The molecular formula is C15H20N2O4. The fourth-order valence-corrected chi connectivity index (χ4v) is 2.67. The van der Waals surface area contributed by atoms with E-state index in [4.69, 9.17) is 5.11 Å². The molecule has 1 aliphatic heterocycles. The Balaban J connectivity index is 2.07. The Morgan fingerprint density at radius 2 is 2.05 bits per heavy atom. The minimum Gasteiger partial charge on any atom is -0.506 e. The van der Waals surface area contributed by atoms with E-state index in [-0.39, 0.29) is 29.1 Å². The van der Waals surface area contributed by atoms with Gasteiger partial charge < -0.3 is 20.4 Å². The van der Waals surface area contributed by atoms with Crippen molar-refractivity contribution in [1.29, 1.82) is 0 Å². The monoisotopic (exact) mass is 292 g/mol. The van der Waals surface area contributed by atoms with E-state index >= 15 is 0 Å². The second-order valence-electron chi connectivity index (χ2n) is 5.64.